The Balaban J connectivity index is 1.76. The molecule has 0 aromatic heterocycles. The summed E-state index contributed by atoms with van der Waals surface area (Å²) in [6.07, 6.45) is 0. The van der Waals surface area contributed by atoms with Crippen LogP contribution in [-0.4, -0.2) is 18.8 Å². The fourth-order valence-electron chi connectivity index (χ4n) is 1.57. The van der Waals surface area contributed by atoms with Crippen molar-refractivity contribution in [2.45, 2.75) is 12.7 Å². The fraction of sp³-hybridized carbons (Fsp3) is 0.500. The molecule has 2 rings (SSSR count). The maximum Gasteiger partial charge on any atom is 0.0187 e. The van der Waals surface area contributed by atoms with Crippen molar-refractivity contribution in [3.05, 3.63) is 35.4 Å². The predicted octanol–water partition coefficient (Wildman–Crippen LogP) is 2.45. The van der Waals surface area contributed by atoms with E-state index in [0.29, 0.717) is 0 Å². The third-order valence-corrected chi connectivity index (χ3v) is 3.96. The van der Waals surface area contributed by atoms with E-state index in [4.69, 9.17) is 0 Å². The van der Waals surface area contributed by atoms with Crippen LogP contribution in [0.15, 0.2) is 24.3 Å². The van der Waals surface area contributed by atoms with Crippen LogP contribution in [0, 0.1) is 12.8 Å². The van der Waals surface area contributed by atoms with E-state index in [1.165, 1.54) is 35.7 Å². The summed E-state index contributed by atoms with van der Waals surface area (Å²) in [4.78, 5) is 0. The first kappa shape index (κ1) is 10.1. The van der Waals surface area contributed by atoms with Crippen LogP contribution >= 0.6 is 11.8 Å². The van der Waals surface area contributed by atoms with Crippen molar-refractivity contribution in [1.29, 1.82) is 0 Å². The quantitative estimate of drug-likeness (QED) is 0.814. The van der Waals surface area contributed by atoms with Gasteiger partial charge in [-0.15, -0.1) is 0 Å². The number of hydrogen-bond donors (Lipinski definition) is 1. The average Bonchev–Trinajstić information content (AvgIpc) is 2.12. The summed E-state index contributed by atoms with van der Waals surface area (Å²) in [7, 11) is 0. The Bertz CT molecular complexity index is 294. The Kier molecular flexibility index (Phi) is 3.49. The molecule has 0 spiro atoms. The van der Waals surface area contributed by atoms with E-state index in [1.807, 2.05) is 0 Å². The van der Waals surface area contributed by atoms with Gasteiger partial charge in [0.2, 0.25) is 0 Å². The monoisotopic (exact) mass is 207 g/mol. The molecule has 0 radical (unpaired) electrons. The largest absolute Gasteiger partial charge is 0.316 e. The Morgan fingerprint density at radius 1 is 1.36 bits per heavy atom. The smallest absolute Gasteiger partial charge is 0.0187 e. The molecular weight excluding hydrogens is 190 g/mol. The average molecular weight is 207 g/mol. The van der Waals surface area contributed by atoms with Crippen molar-refractivity contribution >= 4 is 11.8 Å². The lowest BCUT2D eigenvalue weighted by Crippen LogP contribution is -2.43. The van der Waals surface area contributed by atoms with Crippen LogP contribution in [-0.2, 0) is 5.75 Å². The highest BCUT2D eigenvalue weighted by atomic mass is 32.2. The molecule has 1 heterocycles. The van der Waals surface area contributed by atoms with Gasteiger partial charge in [-0.3, -0.25) is 0 Å². The highest BCUT2D eigenvalue weighted by Crippen LogP contribution is 2.19. The third kappa shape index (κ3) is 2.52. The zero-order chi connectivity index (χ0) is 9.80. The minimum atomic E-state index is 0.920. The fourth-order valence-corrected chi connectivity index (χ4v) is 2.80. The summed E-state index contributed by atoms with van der Waals surface area (Å²) in [6, 6.07) is 8.68. The maximum atomic E-state index is 3.31. The van der Waals surface area contributed by atoms with E-state index in [-0.39, 0.29) is 0 Å². The minimum Gasteiger partial charge on any atom is -0.316 e. The molecule has 14 heavy (non-hydrogen) atoms. The second kappa shape index (κ2) is 4.85. The van der Waals surface area contributed by atoms with E-state index >= 15 is 0 Å². The zero-order valence-corrected chi connectivity index (χ0v) is 9.44. The van der Waals surface area contributed by atoms with Gasteiger partial charge in [-0.1, -0.05) is 24.3 Å². The number of nitrogens with one attached hydrogen (secondary N) is 1. The van der Waals surface area contributed by atoms with Crippen LogP contribution in [0.1, 0.15) is 11.1 Å². The van der Waals surface area contributed by atoms with Crippen molar-refractivity contribution < 1.29 is 0 Å². The van der Waals surface area contributed by atoms with Gasteiger partial charge in [0.1, 0.15) is 0 Å². The maximum absolute atomic E-state index is 3.31. The molecule has 76 valence electrons. The highest BCUT2D eigenvalue weighted by Gasteiger charge is 2.15. The second-order valence-corrected chi connectivity index (χ2v) is 5.00. The summed E-state index contributed by atoms with van der Waals surface area (Å²) < 4.78 is 0. The lowest BCUT2D eigenvalue weighted by atomic mass is 10.1. The van der Waals surface area contributed by atoms with E-state index in [0.717, 1.165) is 5.92 Å². The lowest BCUT2D eigenvalue weighted by molar-refractivity contribution is 0.385. The van der Waals surface area contributed by atoms with Crippen molar-refractivity contribution in [3.63, 3.8) is 0 Å². The Labute approximate surface area is 90.3 Å². The molecule has 1 nitrogen and oxygen atoms in total. The van der Waals surface area contributed by atoms with Crippen LogP contribution in [0.2, 0.25) is 0 Å². The van der Waals surface area contributed by atoms with Crippen molar-refractivity contribution in [1.82, 2.24) is 5.32 Å². The van der Waals surface area contributed by atoms with Gasteiger partial charge in [-0.2, -0.15) is 11.8 Å². The topological polar surface area (TPSA) is 12.0 Å². The Morgan fingerprint density at radius 3 is 2.79 bits per heavy atom. The standard InChI is InChI=1S/C12H17NS/c1-10-4-2-3-5-12(10)9-14-8-11-6-13-7-11/h2-5,11,13H,6-9H2,1H3. The molecule has 1 fully saturated rings. The molecular formula is C12H17NS. The third-order valence-electron chi connectivity index (χ3n) is 2.74. The molecule has 1 aliphatic heterocycles. The van der Waals surface area contributed by atoms with Crippen LogP contribution in [0.3, 0.4) is 0 Å². The first-order valence-corrected chi connectivity index (χ1v) is 6.34. The zero-order valence-electron chi connectivity index (χ0n) is 8.62. The van der Waals surface area contributed by atoms with Gasteiger partial charge in [0.15, 0.2) is 0 Å². The lowest BCUT2D eigenvalue weighted by Gasteiger charge is -2.26. The van der Waals surface area contributed by atoms with Gasteiger partial charge < -0.3 is 5.32 Å². The molecule has 0 bridgehead atoms. The minimum absolute atomic E-state index is 0.920. The molecule has 0 saturated carbocycles. The summed E-state index contributed by atoms with van der Waals surface area (Å²) in [5.74, 6) is 3.40. The Hall–Kier alpha value is -0.470. The molecule has 0 unspecified atom stereocenters. The highest BCUT2D eigenvalue weighted by molar-refractivity contribution is 7.98. The van der Waals surface area contributed by atoms with Crippen LogP contribution in [0.4, 0.5) is 0 Å². The molecule has 1 aromatic rings. The summed E-state index contributed by atoms with van der Waals surface area (Å²) in [5.41, 5.74) is 2.91. The molecule has 2 heteroatoms. The molecule has 0 atom stereocenters. The summed E-state index contributed by atoms with van der Waals surface area (Å²) >= 11 is 2.06. The number of benzene rings is 1. The van der Waals surface area contributed by atoms with Crippen molar-refractivity contribution in [3.8, 4) is 0 Å². The van der Waals surface area contributed by atoms with E-state index in [1.54, 1.807) is 0 Å². The van der Waals surface area contributed by atoms with E-state index in [9.17, 15) is 0 Å². The number of rotatable bonds is 4. The first-order chi connectivity index (χ1) is 6.86. The van der Waals surface area contributed by atoms with Gasteiger partial charge in [0, 0.05) is 5.75 Å². The first-order valence-electron chi connectivity index (χ1n) is 5.19. The number of thioether (sulfide) groups is 1. The van der Waals surface area contributed by atoms with Gasteiger partial charge in [-0.05, 0) is 42.8 Å². The second-order valence-electron chi connectivity index (χ2n) is 3.97. The number of hydrogen-bond acceptors (Lipinski definition) is 2. The summed E-state index contributed by atoms with van der Waals surface area (Å²) in [6.45, 7) is 4.64. The predicted molar refractivity (Wildman–Crippen MR) is 63.7 cm³/mol. The SMILES string of the molecule is Cc1ccccc1CSCC1CNC1. The molecule has 1 N–H and O–H groups in total. The van der Waals surface area contributed by atoms with Gasteiger partial charge in [0.25, 0.3) is 0 Å². The molecule has 1 aromatic carbocycles. The Morgan fingerprint density at radius 2 is 2.14 bits per heavy atom. The van der Waals surface area contributed by atoms with Crippen LogP contribution in [0.5, 0.6) is 0 Å². The summed E-state index contributed by atoms with van der Waals surface area (Å²) in [5, 5.41) is 3.31. The van der Waals surface area contributed by atoms with E-state index in [2.05, 4.69) is 48.3 Å². The number of aryl methyl sites for hydroxylation is 1. The van der Waals surface area contributed by atoms with Gasteiger partial charge >= 0.3 is 0 Å². The van der Waals surface area contributed by atoms with Crippen molar-refractivity contribution in [2.75, 3.05) is 18.8 Å². The molecule has 0 aliphatic carbocycles. The van der Waals surface area contributed by atoms with Crippen molar-refractivity contribution in [2.24, 2.45) is 5.92 Å². The normalized spacial score (nSPS) is 16.6. The van der Waals surface area contributed by atoms with E-state index < -0.39 is 0 Å². The molecule has 1 saturated heterocycles. The van der Waals surface area contributed by atoms with Crippen LogP contribution < -0.4 is 5.32 Å². The molecule has 0 amide bonds. The van der Waals surface area contributed by atoms with Crippen LogP contribution in [0.25, 0.3) is 0 Å². The van der Waals surface area contributed by atoms with Gasteiger partial charge in [-0.25, -0.2) is 0 Å². The molecule has 1 aliphatic rings. The van der Waals surface area contributed by atoms with Gasteiger partial charge in [0.05, 0.1) is 0 Å².